The molecule has 96 valence electrons. The molecule has 0 spiro atoms. The normalized spacial score (nSPS) is 18.5. The maximum Gasteiger partial charge on any atom is 0.195 e. The number of rotatable bonds is 3. The molecule has 3 nitrogen and oxygen atoms in total. The molecule has 1 aromatic heterocycles. The third-order valence-corrected chi connectivity index (χ3v) is 3.87. The lowest BCUT2D eigenvalue weighted by Gasteiger charge is -2.16. The summed E-state index contributed by atoms with van der Waals surface area (Å²) in [7, 11) is 0. The van der Waals surface area contributed by atoms with Gasteiger partial charge in [-0.25, -0.2) is 0 Å². The molecule has 1 aliphatic carbocycles. The van der Waals surface area contributed by atoms with E-state index < -0.39 is 0 Å². The van der Waals surface area contributed by atoms with E-state index in [9.17, 15) is 0 Å². The van der Waals surface area contributed by atoms with Crippen molar-refractivity contribution in [3.63, 3.8) is 0 Å². The van der Waals surface area contributed by atoms with Gasteiger partial charge in [-0.15, -0.1) is 0 Å². The molecule has 1 heterocycles. The van der Waals surface area contributed by atoms with E-state index in [2.05, 4.69) is 28.6 Å². The van der Waals surface area contributed by atoms with Crippen LogP contribution in [0.15, 0.2) is 0 Å². The molecule has 0 bridgehead atoms. The van der Waals surface area contributed by atoms with Gasteiger partial charge in [-0.1, -0.05) is 39.5 Å². The molecule has 1 aliphatic rings. The molecule has 0 atom stereocenters. The number of hydrogen-bond acceptors (Lipinski definition) is 2. The van der Waals surface area contributed by atoms with Crippen LogP contribution in [0.4, 0.5) is 0 Å². The fourth-order valence-corrected chi connectivity index (χ4v) is 2.93. The molecule has 0 unspecified atom stereocenters. The second kappa shape index (κ2) is 5.80. The summed E-state index contributed by atoms with van der Waals surface area (Å²) in [5, 5.41) is 7.46. The molecule has 0 aliphatic heterocycles. The first-order chi connectivity index (χ1) is 8.18. The third-order valence-electron chi connectivity index (χ3n) is 3.56. The number of aromatic amines is 1. The van der Waals surface area contributed by atoms with Crippen LogP contribution in [0.25, 0.3) is 0 Å². The molecule has 17 heavy (non-hydrogen) atoms. The Morgan fingerprint density at radius 3 is 2.53 bits per heavy atom. The van der Waals surface area contributed by atoms with Gasteiger partial charge in [0.2, 0.25) is 0 Å². The fraction of sp³-hybridized carbons (Fsp3) is 0.846. The van der Waals surface area contributed by atoms with Gasteiger partial charge in [0, 0.05) is 12.5 Å². The van der Waals surface area contributed by atoms with Crippen LogP contribution < -0.4 is 0 Å². The standard InChI is InChI=1S/C13H23N3S/c1-10(2)9-16-12(14-15-13(16)17)11-7-5-3-4-6-8-11/h10-11H,3-9H2,1-2H3,(H,15,17). The first-order valence-corrected chi connectivity index (χ1v) is 7.24. The molecular formula is C13H23N3S. The van der Waals surface area contributed by atoms with Crippen LogP contribution in [0.1, 0.15) is 64.1 Å². The van der Waals surface area contributed by atoms with Gasteiger partial charge in [0.25, 0.3) is 0 Å². The largest absolute Gasteiger partial charge is 0.304 e. The number of nitrogens with one attached hydrogen (secondary N) is 1. The number of nitrogens with zero attached hydrogens (tertiary/aromatic N) is 2. The van der Waals surface area contributed by atoms with Gasteiger partial charge < -0.3 is 4.57 Å². The molecular weight excluding hydrogens is 230 g/mol. The van der Waals surface area contributed by atoms with Gasteiger partial charge in [-0.05, 0) is 31.0 Å². The highest BCUT2D eigenvalue weighted by molar-refractivity contribution is 7.71. The summed E-state index contributed by atoms with van der Waals surface area (Å²) in [4.78, 5) is 0. The van der Waals surface area contributed by atoms with Crippen molar-refractivity contribution < 1.29 is 0 Å². The van der Waals surface area contributed by atoms with Crippen molar-refractivity contribution in [2.75, 3.05) is 0 Å². The Kier molecular flexibility index (Phi) is 4.37. The topological polar surface area (TPSA) is 33.6 Å². The van der Waals surface area contributed by atoms with Gasteiger partial charge in [0.1, 0.15) is 5.82 Å². The smallest absolute Gasteiger partial charge is 0.195 e. The zero-order chi connectivity index (χ0) is 12.3. The summed E-state index contributed by atoms with van der Waals surface area (Å²) in [6.45, 7) is 5.44. The van der Waals surface area contributed by atoms with Gasteiger partial charge in [-0.3, -0.25) is 5.10 Å². The zero-order valence-electron chi connectivity index (χ0n) is 10.9. The summed E-state index contributed by atoms with van der Waals surface area (Å²) in [5.41, 5.74) is 0. The Morgan fingerprint density at radius 1 is 1.29 bits per heavy atom. The summed E-state index contributed by atoms with van der Waals surface area (Å²) in [6.07, 6.45) is 7.99. The van der Waals surface area contributed by atoms with E-state index in [1.807, 2.05) is 0 Å². The molecule has 0 amide bonds. The van der Waals surface area contributed by atoms with E-state index in [-0.39, 0.29) is 0 Å². The number of aromatic nitrogens is 3. The maximum atomic E-state index is 5.34. The van der Waals surface area contributed by atoms with E-state index >= 15 is 0 Å². The van der Waals surface area contributed by atoms with Gasteiger partial charge in [0.05, 0.1) is 0 Å². The first kappa shape index (κ1) is 12.8. The van der Waals surface area contributed by atoms with Gasteiger partial charge in [-0.2, -0.15) is 5.10 Å². The lowest BCUT2D eigenvalue weighted by atomic mass is 9.99. The van der Waals surface area contributed by atoms with Crippen LogP contribution in [0.2, 0.25) is 0 Å². The molecule has 0 aromatic carbocycles. The van der Waals surface area contributed by atoms with Crippen molar-refractivity contribution in [2.45, 2.75) is 64.8 Å². The highest BCUT2D eigenvalue weighted by Crippen LogP contribution is 2.30. The van der Waals surface area contributed by atoms with E-state index in [1.54, 1.807) is 0 Å². The Balaban J connectivity index is 2.21. The SMILES string of the molecule is CC(C)Cn1c(C2CCCCCC2)n[nH]c1=S. The lowest BCUT2D eigenvalue weighted by molar-refractivity contribution is 0.465. The second-order valence-electron chi connectivity index (χ2n) is 5.58. The van der Waals surface area contributed by atoms with E-state index in [0.29, 0.717) is 11.8 Å². The van der Waals surface area contributed by atoms with E-state index in [1.165, 1.54) is 44.3 Å². The van der Waals surface area contributed by atoms with Crippen LogP contribution in [-0.2, 0) is 6.54 Å². The summed E-state index contributed by atoms with van der Waals surface area (Å²) >= 11 is 5.34. The van der Waals surface area contributed by atoms with Crippen LogP contribution in [-0.4, -0.2) is 14.8 Å². The molecule has 1 fully saturated rings. The number of hydrogen-bond donors (Lipinski definition) is 1. The molecule has 1 saturated carbocycles. The van der Waals surface area contributed by atoms with Crippen LogP contribution in [0.3, 0.4) is 0 Å². The molecule has 0 radical (unpaired) electrons. The summed E-state index contributed by atoms with van der Waals surface area (Å²) in [6, 6.07) is 0. The average molecular weight is 253 g/mol. The number of H-pyrrole nitrogens is 1. The third kappa shape index (κ3) is 3.18. The molecule has 4 heteroatoms. The molecule has 1 N–H and O–H groups in total. The lowest BCUT2D eigenvalue weighted by Crippen LogP contribution is -2.12. The average Bonchev–Trinajstić information content (AvgIpc) is 2.55. The minimum Gasteiger partial charge on any atom is -0.304 e. The Morgan fingerprint density at radius 2 is 1.94 bits per heavy atom. The Labute approximate surface area is 109 Å². The fourth-order valence-electron chi connectivity index (χ4n) is 2.72. The maximum absolute atomic E-state index is 5.34. The van der Waals surface area contributed by atoms with Gasteiger partial charge >= 0.3 is 0 Å². The van der Waals surface area contributed by atoms with Crippen LogP contribution >= 0.6 is 12.2 Å². The highest BCUT2D eigenvalue weighted by atomic mass is 32.1. The van der Waals surface area contributed by atoms with Crippen molar-refractivity contribution in [3.8, 4) is 0 Å². The Hall–Kier alpha value is -0.640. The van der Waals surface area contributed by atoms with Crippen molar-refractivity contribution in [3.05, 3.63) is 10.6 Å². The Bertz CT molecular complexity index is 397. The summed E-state index contributed by atoms with van der Waals surface area (Å²) in [5.74, 6) is 2.43. The zero-order valence-corrected chi connectivity index (χ0v) is 11.7. The highest BCUT2D eigenvalue weighted by Gasteiger charge is 2.20. The van der Waals surface area contributed by atoms with Crippen molar-refractivity contribution in [2.24, 2.45) is 5.92 Å². The molecule has 2 rings (SSSR count). The summed E-state index contributed by atoms with van der Waals surface area (Å²) < 4.78 is 3.01. The molecule has 1 aromatic rings. The van der Waals surface area contributed by atoms with Crippen molar-refractivity contribution in [1.82, 2.24) is 14.8 Å². The van der Waals surface area contributed by atoms with Gasteiger partial charge in [0.15, 0.2) is 4.77 Å². The van der Waals surface area contributed by atoms with Crippen LogP contribution in [0, 0.1) is 10.7 Å². The monoisotopic (exact) mass is 253 g/mol. The first-order valence-electron chi connectivity index (χ1n) is 6.83. The predicted octanol–water partition coefficient (Wildman–Crippen LogP) is 4.03. The minimum absolute atomic E-state index is 0.615. The molecule has 0 saturated heterocycles. The van der Waals surface area contributed by atoms with Crippen molar-refractivity contribution >= 4 is 12.2 Å². The van der Waals surface area contributed by atoms with E-state index in [4.69, 9.17) is 12.2 Å². The quantitative estimate of drug-likeness (QED) is 0.651. The van der Waals surface area contributed by atoms with Crippen molar-refractivity contribution in [1.29, 1.82) is 0 Å². The minimum atomic E-state index is 0.615. The van der Waals surface area contributed by atoms with Crippen LogP contribution in [0.5, 0.6) is 0 Å². The second-order valence-corrected chi connectivity index (χ2v) is 5.97. The predicted molar refractivity (Wildman–Crippen MR) is 72.7 cm³/mol. The van der Waals surface area contributed by atoms with E-state index in [0.717, 1.165) is 11.3 Å².